The minimum atomic E-state index is -0.0676. The number of nitrogens with one attached hydrogen (secondary N) is 1. The highest BCUT2D eigenvalue weighted by Crippen LogP contribution is 2.20. The third-order valence-electron chi connectivity index (χ3n) is 2.87. The SMILES string of the molecule is CC(CCCBr)NC(=O)c1coc2ccccc12. The Labute approximate surface area is 115 Å². The maximum atomic E-state index is 12.1. The lowest BCUT2D eigenvalue weighted by atomic mass is 10.1. The smallest absolute Gasteiger partial charge is 0.255 e. The Kier molecular flexibility index (Phi) is 4.42. The minimum absolute atomic E-state index is 0.0676. The van der Waals surface area contributed by atoms with Gasteiger partial charge in [0.15, 0.2) is 0 Å². The molecule has 1 heterocycles. The van der Waals surface area contributed by atoms with Gasteiger partial charge in [-0.05, 0) is 25.8 Å². The molecule has 0 aliphatic carbocycles. The van der Waals surface area contributed by atoms with Gasteiger partial charge in [-0.15, -0.1) is 0 Å². The molecule has 0 bridgehead atoms. The lowest BCUT2D eigenvalue weighted by molar-refractivity contribution is 0.0939. The zero-order valence-corrected chi connectivity index (χ0v) is 11.9. The van der Waals surface area contributed by atoms with E-state index in [1.54, 1.807) is 0 Å². The summed E-state index contributed by atoms with van der Waals surface area (Å²) in [4.78, 5) is 12.1. The molecule has 3 nitrogen and oxygen atoms in total. The van der Waals surface area contributed by atoms with Crippen molar-refractivity contribution < 1.29 is 9.21 Å². The molecule has 1 aromatic heterocycles. The van der Waals surface area contributed by atoms with Crippen LogP contribution < -0.4 is 5.32 Å². The van der Waals surface area contributed by atoms with Crippen molar-refractivity contribution in [1.29, 1.82) is 0 Å². The van der Waals surface area contributed by atoms with Crippen LogP contribution >= 0.6 is 15.9 Å². The standard InChI is InChI=1S/C14H16BrNO2/c1-10(5-4-8-15)16-14(17)12-9-18-13-7-3-2-6-11(12)13/h2-3,6-7,9-10H,4-5,8H2,1H3,(H,16,17). The van der Waals surface area contributed by atoms with Crippen LogP contribution in [0.3, 0.4) is 0 Å². The highest BCUT2D eigenvalue weighted by molar-refractivity contribution is 9.09. The first kappa shape index (κ1) is 13.1. The normalized spacial score (nSPS) is 12.6. The molecule has 1 aromatic carbocycles. The average molecular weight is 310 g/mol. The maximum absolute atomic E-state index is 12.1. The van der Waals surface area contributed by atoms with E-state index in [1.165, 1.54) is 6.26 Å². The summed E-state index contributed by atoms with van der Waals surface area (Å²) in [5, 5.41) is 4.81. The molecule has 0 aliphatic rings. The Balaban J connectivity index is 2.09. The first-order chi connectivity index (χ1) is 8.72. The molecule has 0 radical (unpaired) electrons. The second kappa shape index (κ2) is 6.05. The fourth-order valence-electron chi connectivity index (χ4n) is 1.91. The van der Waals surface area contributed by atoms with E-state index in [4.69, 9.17) is 4.42 Å². The number of halogens is 1. The number of fused-ring (bicyclic) bond motifs is 1. The van der Waals surface area contributed by atoms with Crippen LogP contribution in [0.15, 0.2) is 34.9 Å². The molecule has 0 spiro atoms. The van der Waals surface area contributed by atoms with Gasteiger partial charge in [0.25, 0.3) is 5.91 Å². The van der Waals surface area contributed by atoms with Crippen LogP contribution in [-0.2, 0) is 0 Å². The van der Waals surface area contributed by atoms with Gasteiger partial charge in [-0.2, -0.15) is 0 Å². The highest BCUT2D eigenvalue weighted by atomic mass is 79.9. The quantitative estimate of drug-likeness (QED) is 0.855. The van der Waals surface area contributed by atoms with Gasteiger partial charge in [-0.3, -0.25) is 4.79 Å². The Hall–Kier alpha value is -1.29. The van der Waals surface area contributed by atoms with Gasteiger partial charge in [0.05, 0.1) is 5.56 Å². The van der Waals surface area contributed by atoms with Gasteiger partial charge < -0.3 is 9.73 Å². The van der Waals surface area contributed by atoms with Gasteiger partial charge >= 0.3 is 0 Å². The van der Waals surface area contributed by atoms with E-state index in [0.717, 1.165) is 29.1 Å². The van der Waals surface area contributed by atoms with Crippen molar-refractivity contribution in [2.24, 2.45) is 0 Å². The van der Waals surface area contributed by atoms with E-state index in [1.807, 2.05) is 31.2 Å². The van der Waals surface area contributed by atoms with Crippen molar-refractivity contribution in [3.05, 3.63) is 36.1 Å². The number of rotatable bonds is 5. The highest BCUT2D eigenvalue weighted by Gasteiger charge is 2.14. The number of hydrogen-bond acceptors (Lipinski definition) is 2. The molecule has 1 amide bonds. The summed E-state index contributed by atoms with van der Waals surface area (Å²) in [7, 11) is 0. The molecule has 0 aliphatic heterocycles. The van der Waals surface area contributed by atoms with Crippen LogP contribution in [0.1, 0.15) is 30.1 Å². The molecule has 0 saturated carbocycles. The summed E-state index contributed by atoms with van der Waals surface area (Å²) >= 11 is 3.39. The van der Waals surface area contributed by atoms with Gasteiger partial charge in [0.1, 0.15) is 11.8 Å². The monoisotopic (exact) mass is 309 g/mol. The molecule has 2 aromatic rings. The van der Waals surface area contributed by atoms with Crippen molar-refractivity contribution in [3.63, 3.8) is 0 Å². The molecule has 96 valence electrons. The number of furan rings is 1. The third kappa shape index (κ3) is 2.93. The zero-order valence-electron chi connectivity index (χ0n) is 10.3. The van der Waals surface area contributed by atoms with Crippen LogP contribution in [0.5, 0.6) is 0 Å². The van der Waals surface area contributed by atoms with E-state index in [0.29, 0.717) is 5.56 Å². The molecule has 2 rings (SSSR count). The number of para-hydroxylation sites is 1. The Morgan fingerprint density at radius 1 is 1.44 bits per heavy atom. The fourth-order valence-corrected chi connectivity index (χ4v) is 2.23. The number of hydrogen-bond donors (Lipinski definition) is 1. The molecular weight excluding hydrogens is 294 g/mol. The van der Waals surface area contributed by atoms with Crippen LogP contribution in [0.25, 0.3) is 11.0 Å². The Morgan fingerprint density at radius 2 is 2.22 bits per heavy atom. The number of carbonyl (C=O) groups is 1. The second-order valence-corrected chi connectivity index (χ2v) is 5.14. The van der Waals surface area contributed by atoms with Crippen molar-refractivity contribution >= 4 is 32.8 Å². The fraction of sp³-hybridized carbons (Fsp3) is 0.357. The number of carbonyl (C=O) groups excluding carboxylic acids is 1. The third-order valence-corrected chi connectivity index (χ3v) is 3.43. The lowest BCUT2D eigenvalue weighted by Gasteiger charge is -2.12. The van der Waals surface area contributed by atoms with Gasteiger partial charge in [-0.1, -0.05) is 34.1 Å². The Bertz CT molecular complexity index is 535. The van der Waals surface area contributed by atoms with Crippen LogP contribution in [0.4, 0.5) is 0 Å². The van der Waals surface area contributed by atoms with Gasteiger partial charge in [0.2, 0.25) is 0 Å². The van der Waals surface area contributed by atoms with Crippen molar-refractivity contribution in [3.8, 4) is 0 Å². The summed E-state index contributed by atoms with van der Waals surface area (Å²) in [5.41, 5.74) is 1.35. The maximum Gasteiger partial charge on any atom is 0.255 e. The lowest BCUT2D eigenvalue weighted by Crippen LogP contribution is -2.32. The van der Waals surface area contributed by atoms with Crippen LogP contribution in [0.2, 0.25) is 0 Å². The van der Waals surface area contributed by atoms with Crippen molar-refractivity contribution in [2.75, 3.05) is 5.33 Å². The van der Waals surface area contributed by atoms with Crippen molar-refractivity contribution in [1.82, 2.24) is 5.32 Å². The molecule has 1 atom stereocenters. The van der Waals surface area contributed by atoms with E-state index >= 15 is 0 Å². The molecule has 4 heteroatoms. The number of benzene rings is 1. The van der Waals surface area contributed by atoms with Crippen molar-refractivity contribution in [2.45, 2.75) is 25.8 Å². The Morgan fingerprint density at radius 3 is 3.00 bits per heavy atom. The second-order valence-electron chi connectivity index (χ2n) is 4.35. The molecule has 18 heavy (non-hydrogen) atoms. The molecule has 1 N–H and O–H groups in total. The van der Waals surface area contributed by atoms with E-state index in [-0.39, 0.29) is 11.9 Å². The van der Waals surface area contributed by atoms with Gasteiger partial charge in [0, 0.05) is 16.8 Å². The first-order valence-corrected chi connectivity index (χ1v) is 7.17. The summed E-state index contributed by atoms with van der Waals surface area (Å²) in [6.07, 6.45) is 3.54. The predicted octanol–water partition coefficient (Wildman–Crippen LogP) is 3.73. The summed E-state index contributed by atoms with van der Waals surface area (Å²) in [5.74, 6) is -0.0676. The van der Waals surface area contributed by atoms with Crippen LogP contribution in [-0.4, -0.2) is 17.3 Å². The minimum Gasteiger partial charge on any atom is -0.463 e. The first-order valence-electron chi connectivity index (χ1n) is 6.05. The number of amides is 1. The molecule has 0 fully saturated rings. The number of alkyl halides is 1. The van der Waals surface area contributed by atoms with E-state index < -0.39 is 0 Å². The topological polar surface area (TPSA) is 42.2 Å². The van der Waals surface area contributed by atoms with E-state index in [9.17, 15) is 4.79 Å². The summed E-state index contributed by atoms with van der Waals surface area (Å²) in [6.45, 7) is 2.02. The molecule has 0 saturated heterocycles. The molecular formula is C14H16BrNO2. The van der Waals surface area contributed by atoms with Crippen LogP contribution in [0, 0.1) is 0 Å². The largest absolute Gasteiger partial charge is 0.463 e. The summed E-state index contributed by atoms with van der Waals surface area (Å²) in [6, 6.07) is 7.73. The average Bonchev–Trinajstić information content (AvgIpc) is 2.80. The summed E-state index contributed by atoms with van der Waals surface area (Å²) < 4.78 is 5.36. The zero-order chi connectivity index (χ0) is 13.0. The predicted molar refractivity (Wildman–Crippen MR) is 76.2 cm³/mol. The van der Waals surface area contributed by atoms with Gasteiger partial charge in [-0.25, -0.2) is 0 Å². The van der Waals surface area contributed by atoms with E-state index in [2.05, 4.69) is 21.2 Å². The molecule has 1 unspecified atom stereocenters.